The topological polar surface area (TPSA) is 69.7 Å². The number of hydrogen-bond donors (Lipinski definition) is 1. The van der Waals surface area contributed by atoms with E-state index in [1.807, 2.05) is 53.4 Å². The van der Waals surface area contributed by atoms with Crippen LogP contribution in [-0.4, -0.2) is 56.3 Å². The lowest BCUT2D eigenvalue weighted by molar-refractivity contribution is -0.122. The first-order valence-electron chi connectivity index (χ1n) is 9.18. The number of halogens is 1. The number of nitrogens with one attached hydrogen (secondary N) is 1. The Labute approximate surface area is 171 Å². The second kappa shape index (κ2) is 9.52. The van der Waals surface area contributed by atoms with E-state index in [4.69, 9.17) is 11.6 Å². The first-order valence-corrected chi connectivity index (χ1v) is 11.2. The molecule has 1 aliphatic heterocycles. The van der Waals surface area contributed by atoms with E-state index >= 15 is 0 Å². The highest BCUT2D eigenvalue weighted by atomic mass is 35.5. The highest BCUT2D eigenvalue weighted by Gasteiger charge is 2.27. The molecule has 1 heterocycles. The van der Waals surface area contributed by atoms with E-state index in [9.17, 15) is 13.2 Å². The third-order valence-electron chi connectivity index (χ3n) is 4.66. The first kappa shape index (κ1) is 20.8. The molecular formula is C20H24ClN3O3S. The summed E-state index contributed by atoms with van der Waals surface area (Å²) in [5, 5.41) is 3.51. The Morgan fingerprint density at radius 2 is 1.64 bits per heavy atom. The molecule has 2 aromatic rings. The van der Waals surface area contributed by atoms with Crippen LogP contribution in [0.1, 0.15) is 11.1 Å². The van der Waals surface area contributed by atoms with Crippen molar-refractivity contribution < 1.29 is 13.2 Å². The van der Waals surface area contributed by atoms with Gasteiger partial charge in [0.25, 0.3) is 0 Å². The van der Waals surface area contributed by atoms with Gasteiger partial charge in [0.2, 0.25) is 15.9 Å². The second-order valence-corrected chi connectivity index (χ2v) is 9.23. The monoisotopic (exact) mass is 421 g/mol. The molecule has 0 bridgehead atoms. The summed E-state index contributed by atoms with van der Waals surface area (Å²) in [6.45, 7) is 2.56. The smallest absolute Gasteiger partial charge is 0.234 e. The minimum absolute atomic E-state index is 0.00790. The van der Waals surface area contributed by atoms with Crippen LogP contribution < -0.4 is 5.32 Å². The zero-order valence-corrected chi connectivity index (χ0v) is 17.1. The standard InChI is InChI=1S/C20H24ClN3O3S/c21-19-8-4-7-18(13-19)14-22-20(25)15-23-9-11-24(12-10-23)28(26,27)16-17-5-2-1-3-6-17/h1-8,13H,9-12,14-16H2,(H,22,25). The number of piperazine rings is 1. The fourth-order valence-corrected chi connectivity index (χ4v) is 4.88. The minimum Gasteiger partial charge on any atom is -0.351 e. The normalized spacial score (nSPS) is 16.0. The van der Waals surface area contributed by atoms with Gasteiger partial charge in [0, 0.05) is 37.7 Å². The molecule has 1 N–H and O–H groups in total. The number of benzene rings is 2. The van der Waals surface area contributed by atoms with Gasteiger partial charge in [0.1, 0.15) is 0 Å². The SMILES string of the molecule is O=C(CN1CCN(S(=O)(=O)Cc2ccccc2)CC1)NCc1cccc(Cl)c1. The summed E-state index contributed by atoms with van der Waals surface area (Å²) in [6.07, 6.45) is 0. The predicted molar refractivity (Wildman–Crippen MR) is 110 cm³/mol. The van der Waals surface area contributed by atoms with Crippen LogP contribution in [0.15, 0.2) is 54.6 Å². The summed E-state index contributed by atoms with van der Waals surface area (Å²) in [5.74, 6) is -0.0749. The molecule has 6 nitrogen and oxygen atoms in total. The number of hydrogen-bond acceptors (Lipinski definition) is 4. The van der Waals surface area contributed by atoms with Gasteiger partial charge in [-0.25, -0.2) is 8.42 Å². The van der Waals surface area contributed by atoms with E-state index in [-0.39, 0.29) is 18.2 Å². The maximum atomic E-state index is 12.6. The van der Waals surface area contributed by atoms with Crippen LogP contribution in [0.25, 0.3) is 0 Å². The Bertz CT molecular complexity index is 898. The zero-order chi connectivity index (χ0) is 20.0. The second-order valence-electron chi connectivity index (χ2n) is 6.82. The van der Waals surface area contributed by atoms with Crippen molar-refractivity contribution in [3.8, 4) is 0 Å². The van der Waals surface area contributed by atoms with Crippen molar-refractivity contribution in [3.05, 3.63) is 70.7 Å². The van der Waals surface area contributed by atoms with Gasteiger partial charge in [-0.3, -0.25) is 9.69 Å². The Kier molecular flexibility index (Phi) is 7.07. The van der Waals surface area contributed by atoms with Gasteiger partial charge in [-0.05, 0) is 23.3 Å². The number of nitrogens with zero attached hydrogens (tertiary/aromatic N) is 2. The summed E-state index contributed by atoms with van der Waals surface area (Å²) in [6, 6.07) is 16.5. The average molecular weight is 422 g/mol. The maximum Gasteiger partial charge on any atom is 0.234 e. The van der Waals surface area contributed by atoms with Crippen molar-refractivity contribution in [2.24, 2.45) is 0 Å². The molecule has 0 radical (unpaired) electrons. The van der Waals surface area contributed by atoms with Crippen molar-refractivity contribution in [1.82, 2.24) is 14.5 Å². The van der Waals surface area contributed by atoms with Crippen LogP contribution >= 0.6 is 11.6 Å². The minimum atomic E-state index is -3.35. The van der Waals surface area contributed by atoms with Crippen LogP contribution in [0.3, 0.4) is 0 Å². The molecular weight excluding hydrogens is 398 g/mol. The third-order valence-corrected chi connectivity index (χ3v) is 6.75. The molecule has 0 unspecified atom stereocenters. The number of sulfonamides is 1. The largest absolute Gasteiger partial charge is 0.351 e. The molecule has 0 saturated carbocycles. The molecule has 0 atom stereocenters. The van der Waals surface area contributed by atoms with Crippen molar-refractivity contribution in [1.29, 1.82) is 0 Å². The Morgan fingerprint density at radius 3 is 2.32 bits per heavy atom. The summed E-state index contributed by atoms with van der Waals surface area (Å²) in [7, 11) is -3.35. The van der Waals surface area contributed by atoms with Gasteiger partial charge in [-0.15, -0.1) is 0 Å². The van der Waals surface area contributed by atoms with E-state index in [2.05, 4.69) is 5.32 Å². The lowest BCUT2D eigenvalue weighted by Gasteiger charge is -2.33. The summed E-state index contributed by atoms with van der Waals surface area (Å²) in [5.41, 5.74) is 1.72. The summed E-state index contributed by atoms with van der Waals surface area (Å²) < 4.78 is 26.7. The fourth-order valence-electron chi connectivity index (χ4n) is 3.15. The van der Waals surface area contributed by atoms with Crippen molar-refractivity contribution in [2.45, 2.75) is 12.3 Å². The number of rotatable bonds is 7. The lowest BCUT2D eigenvalue weighted by Crippen LogP contribution is -2.51. The third kappa shape index (κ3) is 6.04. The highest BCUT2D eigenvalue weighted by Crippen LogP contribution is 2.14. The van der Waals surface area contributed by atoms with Gasteiger partial charge >= 0.3 is 0 Å². The van der Waals surface area contributed by atoms with E-state index in [0.717, 1.165) is 11.1 Å². The van der Waals surface area contributed by atoms with E-state index < -0.39 is 10.0 Å². The predicted octanol–water partition coefficient (Wildman–Crippen LogP) is 2.10. The molecule has 0 aromatic heterocycles. The molecule has 28 heavy (non-hydrogen) atoms. The quantitative estimate of drug-likeness (QED) is 0.743. The average Bonchev–Trinajstić information content (AvgIpc) is 2.67. The molecule has 3 rings (SSSR count). The Balaban J connectivity index is 1.44. The molecule has 8 heteroatoms. The number of carbonyl (C=O) groups is 1. The molecule has 1 aliphatic rings. The molecule has 1 amide bonds. The molecule has 150 valence electrons. The van der Waals surface area contributed by atoms with E-state index in [1.165, 1.54) is 4.31 Å². The van der Waals surface area contributed by atoms with Crippen LogP contribution in [-0.2, 0) is 27.1 Å². The molecule has 1 saturated heterocycles. The zero-order valence-electron chi connectivity index (χ0n) is 15.6. The van der Waals surface area contributed by atoms with Gasteiger partial charge in [-0.2, -0.15) is 4.31 Å². The van der Waals surface area contributed by atoms with Crippen LogP contribution in [0.2, 0.25) is 5.02 Å². The van der Waals surface area contributed by atoms with Gasteiger partial charge < -0.3 is 5.32 Å². The molecule has 0 spiro atoms. The van der Waals surface area contributed by atoms with Gasteiger partial charge in [0.15, 0.2) is 0 Å². The van der Waals surface area contributed by atoms with E-state index in [1.54, 1.807) is 6.07 Å². The molecule has 1 fully saturated rings. The van der Waals surface area contributed by atoms with Crippen LogP contribution in [0, 0.1) is 0 Å². The molecule has 2 aromatic carbocycles. The highest BCUT2D eigenvalue weighted by molar-refractivity contribution is 7.88. The van der Waals surface area contributed by atoms with Crippen LogP contribution in [0.4, 0.5) is 0 Å². The van der Waals surface area contributed by atoms with Gasteiger partial charge in [-0.1, -0.05) is 54.1 Å². The lowest BCUT2D eigenvalue weighted by atomic mass is 10.2. The van der Waals surface area contributed by atoms with Gasteiger partial charge in [0.05, 0.1) is 12.3 Å². The summed E-state index contributed by atoms with van der Waals surface area (Å²) >= 11 is 5.94. The van der Waals surface area contributed by atoms with Crippen molar-refractivity contribution >= 4 is 27.5 Å². The number of amides is 1. The maximum absolute atomic E-state index is 12.6. The number of carbonyl (C=O) groups excluding carboxylic acids is 1. The fraction of sp³-hybridized carbons (Fsp3) is 0.350. The summed E-state index contributed by atoms with van der Waals surface area (Å²) in [4.78, 5) is 14.1. The van der Waals surface area contributed by atoms with Crippen molar-refractivity contribution in [2.75, 3.05) is 32.7 Å². The Morgan fingerprint density at radius 1 is 0.964 bits per heavy atom. The first-order chi connectivity index (χ1) is 13.4. The van der Waals surface area contributed by atoms with Crippen molar-refractivity contribution in [3.63, 3.8) is 0 Å². The Hall–Kier alpha value is -1.93. The van der Waals surface area contributed by atoms with Crippen LogP contribution in [0.5, 0.6) is 0 Å². The molecule has 0 aliphatic carbocycles. The van der Waals surface area contributed by atoms with E-state index in [0.29, 0.717) is 37.7 Å².